The lowest BCUT2D eigenvalue weighted by molar-refractivity contribution is -0.386. The summed E-state index contributed by atoms with van der Waals surface area (Å²) in [5, 5.41) is 17.7. The van der Waals surface area contributed by atoms with E-state index in [1.54, 1.807) is 11.3 Å². The second-order valence-corrected chi connectivity index (χ2v) is 4.60. The van der Waals surface area contributed by atoms with Crippen LogP contribution >= 0.6 is 11.3 Å². The number of benzene rings is 1. The molecule has 4 nitrogen and oxygen atoms in total. The van der Waals surface area contributed by atoms with Crippen LogP contribution in [0.5, 0.6) is 0 Å². The first-order valence-electron chi connectivity index (χ1n) is 5.31. The van der Waals surface area contributed by atoms with Crippen molar-refractivity contribution in [3.63, 3.8) is 0 Å². The monoisotopic (exact) mass is 266 g/mol. The molecule has 1 N–H and O–H groups in total. The zero-order valence-electron chi connectivity index (χ0n) is 9.59. The molecule has 1 atom stereocenters. The number of nitro groups is 1. The lowest BCUT2D eigenvalue weighted by Gasteiger charge is -2.14. The number of nitro benzene ring substituents is 1. The summed E-state index contributed by atoms with van der Waals surface area (Å²) in [6, 6.07) is 5.85. The zero-order chi connectivity index (χ0) is 13.1. The number of nitrogens with one attached hydrogen (secondary N) is 1. The lowest BCUT2D eigenvalue weighted by atomic mass is 10.1. The largest absolute Gasteiger partial charge is 0.373 e. The first kappa shape index (κ1) is 12.5. The van der Waals surface area contributed by atoms with Crippen molar-refractivity contribution >= 4 is 22.7 Å². The number of para-hydroxylation sites is 1. The molecule has 0 aliphatic rings. The van der Waals surface area contributed by atoms with Gasteiger partial charge in [-0.05, 0) is 41.4 Å². The molecule has 0 amide bonds. The second-order valence-electron chi connectivity index (χ2n) is 3.82. The van der Waals surface area contributed by atoms with E-state index in [1.165, 1.54) is 12.1 Å². The van der Waals surface area contributed by atoms with Gasteiger partial charge in [-0.2, -0.15) is 15.7 Å². The van der Waals surface area contributed by atoms with Gasteiger partial charge in [-0.1, -0.05) is 6.07 Å². The van der Waals surface area contributed by atoms with E-state index in [0.717, 1.165) is 11.6 Å². The van der Waals surface area contributed by atoms with Gasteiger partial charge in [0.15, 0.2) is 0 Å². The molecule has 1 aromatic carbocycles. The molecule has 0 saturated heterocycles. The predicted octanol–water partition coefficient (Wildman–Crippen LogP) is 3.97. The topological polar surface area (TPSA) is 55.2 Å². The molecular weight excluding hydrogens is 255 g/mol. The average Bonchev–Trinajstić information content (AvgIpc) is 2.81. The van der Waals surface area contributed by atoms with Crippen LogP contribution in [0, 0.1) is 15.9 Å². The van der Waals surface area contributed by atoms with Gasteiger partial charge in [0.1, 0.15) is 5.69 Å². The van der Waals surface area contributed by atoms with Crippen molar-refractivity contribution in [1.82, 2.24) is 0 Å². The molecule has 0 fully saturated rings. The molecule has 2 aromatic rings. The summed E-state index contributed by atoms with van der Waals surface area (Å²) in [6.45, 7) is 1.87. The lowest BCUT2D eigenvalue weighted by Crippen LogP contribution is -2.08. The molecule has 18 heavy (non-hydrogen) atoms. The summed E-state index contributed by atoms with van der Waals surface area (Å²) in [5.41, 5.74) is 0.692. The highest BCUT2D eigenvalue weighted by molar-refractivity contribution is 7.07. The third-order valence-electron chi connectivity index (χ3n) is 2.58. The van der Waals surface area contributed by atoms with Crippen LogP contribution in [0.3, 0.4) is 0 Å². The molecule has 1 heterocycles. The fourth-order valence-electron chi connectivity index (χ4n) is 1.66. The maximum absolute atomic E-state index is 13.4. The SMILES string of the molecule is CC(Nc1cccc(F)c1[N+](=O)[O-])c1ccsc1. The molecule has 94 valence electrons. The van der Waals surface area contributed by atoms with Gasteiger partial charge >= 0.3 is 5.69 Å². The fourth-order valence-corrected chi connectivity index (χ4v) is 2.41. The highest BCUT2D eigenvalue weighted by Crippen LogP contribution is 2.30. The van der Waals surface area contributed by atoms with Crippen molar-refractivity contribution in [2.75, 3.05) is 5.32 Å². The van der Waals surface area contributed by atoms with E-state index in [-0.39, 0.29) is 11.7 Å². The van der Waals surface area contributed by atoms with Crippen LogP contribution in [0.4, 0.5) is 15.8 Å². The van der Waals surface area contributed by atoms with Crippen LogP contribution in [0.25, 0.3) is 0 Å². The number of anilines is 1. The van der Waals surface area contributed by atoms with Gasteiger partial charge in [0.2, 0.25) is 5.82 Å². The Labute approximate surface area is 107 Å². The van der Waals surface area contributed by atoms with Gasteiger partial charge in [-0.3, -0.25) is 10.1 Å². The summed E-state index contributed by atoms with van der Waals surface area (Å²) >= 11 is 1.54. The van der Waals surface area contributed by atoms with Crippen LogP contribution in [0.1, 0.15) is 18.5 Å². The van der Waals surface area contributed by atoms with E-state index >= 15 is 0 Å². The number of hydrogen-bond acceptors (Lipinski definition) is 4. The number of thiophene rings is 1. The Morgan fingerprint density at radius 1 is 1.44 bits per heavy atom. The number of hydrogen-bond donors (Lipinski definition) is 1. The third kappa shape index (κ3) is 2.48. The Morgan fingerprint density at radius 3 is 2.83 bits per heavy atom. The van der Waals surface area contributed by atoms with Gasteiger partial charge in [-0.25, -0.2) is 0 Å². The fraction of sp³-hybridized carbons (Fsp3) is 0.167. The average molecular weight is 266 g/mol. The van der Waals surface area contributed by atoms with Crippen LogP contribution in [-0.4, -0.2) is 4.92 Å². The molecule has 0 radical (unpaired) electrons. The van der Waals surface area contributed by atoms with Gasteiger partial charge in [0.25, 0.3) is 0 Å². The van der Waals surface area contributed by atoms with Crippen molar-refractivity contribution in [2.45, 2.75) is 13.0 Å². The Hall–Kier alpha value is -1.95. The van der Waals surface area contributed by atoms with Crippen molar-refractivity contribution in [1.29, 1.82) is 0 Å². The quantitative estimate of drug-likeness (QED) is 0.673. The molecule has 0 aliphatic heterocycles. The van der Waals surface area contributed by atoms with Crippen molar-refractivity contribution in [2.24, 2.45) is 0 Å². The van der Waals surface area contributed by atoms with E-state index in [9.17, 15) is 14.5 Å². The molecule has 0 saturated carbocycles. The van der Waals surface area contributed by atoms with Crippen LogP contribution in [-0.2, 0) is 0 Å². The molecule has 0 aliphatic carbocycles. The summed E-state index contributed by atoms with van der Waals surface area (Å²) in [4.78, 5) is 10.1. The van der Waals surface area contributed by atoms with Gasteiger partial charge < -0.3 is 5.32 Å². The van der Waals surface area contributed by atoms with Crippen LogP contribution < -0.4 is 5.32 Å². The molecule has 1 aromatic heterocycles. The number of nitrogens with zero attached hydrogens (tertiary/aromatic N) is 1. The van der Waals surface area contributed by atoms with Gasteiger partial charge in [0.05, 0.1) is 4.92 Å². The summed E-state index contributed by atoms with van der Waals surface area (Å²) in [6.07, 6.45) is 0. The van der Waals surface area contributed by atoms with E-state index in [2.05, 4.69) is 5.32 Å². The molecule has 0 spiro atoms. The van der Waals surface area contributed by atoms with E-state index in [1.807, 2.05) is 23.8 Å². The first-order chi connectivity index (χ1) is 8.59. The van der Waals surface area contributed by atoms with E-state index in [4.69, 9.17) is 0 Å². The molecule has 6 heteroatoms. The number of rotatable bonds is 4. The Bertz CT molecular complexity index is 557. The molecule has 1 unspecified atom stereocenters. The minimum absolute atomic E-state index is 0.114. The van der Waals surface area contributed by atoms with E-state index < -0.39 is 16.4 Å². The summed E-state index contributed by atoms with van der Waals surface area (Å²) in [7, 11) is 0. The second kappa shape index (κ2) is 5.14. The maximum Gasteiger partial charge on any atom is 0.327 e. The smallest absolute Gasteiger partial charge is 0.327 e. The zero-order valence-corrected chi connectivity index (χ0v) is 10.4. The standard InChI is InChI=1S/C12H11FN2O2S/c1-8(9-5-6-18-7-9)14-11-4-2-3-10(13)12(11)15(16)17/h2-8,14H,1H3. The maximum atomic E-state index is 13.4. The van der Waals surface area contributed by atoms with Gasteiger partial charge in [0, 0.05) is 6.04 Å². The first-order valence-corrected chi connectivity index (χ1v) is 6.25. The van der Waals surface area contributed by atoms with E-state index in [0.29, 0.717) is 0 Å². The Balaban J connectivity index is 2.29. The summed E-state index contributed by atoms with van der Waals surface area (Å²) in [5.74, 6) is -0.831. The summed E-state index contributed by atoms with van der Waals surface area (Å²) < 4.78 is 13.4. The van der Waals surface area contributed by atoms with Crippen LogP contribution in [0.2, 0.25) is 0 Å². The minimum atomic E-state index is -0.831. The molecule has 2 rings (SSSR count). The van der Waals surface area contributed by atoms with Gasteiger partial charge in [-0.15, -0.1) is 0 Å². The molecular formula is C12H11FN2O2S. The van der Waals surface area contributed by atoms with Crippen molar-refractivity contribution in [3.05, 3.63) is 56.5 Å². The highest BCUT2D eigenvalue weighted by atomic mass is 32.1. The normalized spacial score (nSPS) is 12.1. The highest BCUT2D eigenvalue weighted by Gasteiger charge is 2.21. The van der Waals surface area contributed by atoms with Crippen LogP contribution in [0.15, 0.2) is 35.0 Å². The molecule has 0 bridgehead atoms. The van der Waals surface area contributed by atoms with Crippen molar-refractivity contribution in [3.8, 4) is 0 Å². The Morgan fingerprint density at radius 2 is 2.22 bits per heavy atom. The minimum Gasteiger partial charge on any atom is -0.373 e. The Kier molecular flexibility index (Phi) is 3.57. The van der Waals surface area contributed by atoms with Crippen molar-refractivity contribution < 1.29 is 9.31 Å². The number of halogens is 1. The predicted molar refractivity (Wildman–Crippen MR) is 69.4 cm³/mol. The third-order valence-corrected chi connectivity index (χ3v) is 3.29.